The van der Waals surface area contributed by atoms with E-state index in [2.05, 4.69) is 36.2 Å². The molecule has 116 valence electrons. The van der Waals surface area contributed by atoms with Gasteiger partial charge in [0, 0.05) is 35.9 Å². The van der Waals surface area contributed by atoms with Crippen molar-refractivity contribution in [2.75, 3.05) is 18.0 Å². The Kier molecular flexibility index (Phi) is 4.39. The number of hydrogen-bond donors (Lipinski definition) is 2. The van der Waals surface area contributed by atoms with Gasteiger partial charge in [-0.15, -0.1) is 0 Å². The van der Waals surface area contributed by atoms with E-state index in [1.165, 1.54) is 37.9 Å². The van der Waals surface area contributed by atoms with Crippen molar-refractivity contribution in [2.24, 2.45) is 5.92 Å². The molecule has 0 amide bonds. The Morgan fingerprint density at radius 1 is 1.29 bits per heavy atom. The van der Waals surface area contributed by atoms with Gasteiger partial charge in [0.05, 0.1) is 0 Å². The first-order valence-corrected chi connectivity index (χ1v) is 8.52. The molecule has 3 nitrogen and oxygen atoms in total. The Hall–Kier alpha value is -1.22. The largest absolute Gasteiger partial charge is 0.508 e. The fourth-order valence-corrected chi connectivity index (χ4v) is 2.98. The number of benzene rings is 1. The lowest BCUT2D eigenvalue weighted by molar-refractivity contribution is 0.452. The van der Waals surface area contributed by atoms with Crippen LogP contribution in [0.2, 0.25) is 0 Å². The maximum atomic E-state index is 10.4. The van der Waals surface area contributed by atoms with Gasteiger partial charge in [-0.1, -0.05) is 13.0 Å². The monoisotopic (exact) mass is 288 g/mol. The third-order valence-corrected chi connectivity index (χ3v) is 4.65. The number of hydrogen-bond acceptors (Lipinski definition) is 3. The van der Waals surface area contributed by atoms with Crippen molar-refractivity contribution in [1.29, 1.82) is 0 Å². The van der Waals surface area contributed by atoms with E-state index in [1.54, 1.807) is 0 Å². The molecule has 0 aliphatic heterocycles. The number of phenolic OH excluding ortho intramolecular Hbond substituents is 1. The minimum absolute atomic E-state index is 0.205. The van der Waals surface area contributed by atoms with Crippen LogP contribution in [0.25, 0.3) is 0 Å². The van der Waals surface area contributed by atoms with Gasteiger partial charge in [-0.3, -0.25) is 0 Å². The van der Waals surface area contributed by atoms with Crippen LogP contribution < -0.4 is 10.2 Å². The van der Waals surface area contributed by atoms with Crippen molar-refractivity contribution in [3.8, 4) is 5.75 Å². The first-order valence-electron chi connectivity index (χ1n) is 8.52. The summed E-state index contributed by atoms with van der Waals surface area (Å²) in [5, 5.41) is 13.8. The van der Waals surface area contributed by atoms with Gasteiger partial charge in [0.2, 0.25) is 0 Å². The summed E-state index contributed by atoms with van der Waals surface area (Å²) >= 11 is 0. The highest BCUT2D eigenvalue weighted by atomic mass is 16.3. The average molecular weight is 288 g/mol. The third kappa shape index (κ3) is 3.70. The standard InChI is InChI=1S/C18H28N2O/c1-3-10-19-13(2)17-9-8-16(11-18(17)21)20(15-6-7-15)12-14-4-5-14/h8-9,11,13-15,19,21H,3-7,10,12H2,1-2H3. The molecule has 3 heteroatoms. The van der Waals surface area contributed by atoms with Crippen molar-refractivity contribution in [3.05, 3.63) is 23.8 Å². The SMILES string of the molecule is CCCNC(C)c1ccc(N(CC2CC2)C2CC2)cc1O. The maximum Gasteiger partial charge on any atom is 0.122 e. The minimum Gasteiger partial charge on any atom is -0.508 e. The zero-order chi connectivity index (χ0) is 14.8. The predicted octanol–water partition coefficient (Wildman–Crippen LogP) is 3.83. The lowest BCUT2D eigenvalue weighted by atomic mass is 10.1. The zero-order valence-electron chi connectivity index (χ0n) is 13.3. The normalized spacial score (nSPS) is 19.5. The van der Waals surface area contributed by atoms with Gasteiger partial charge in [-0.05, 0) is 57.6 Å². The topological polar surface area (TPSA) is 35.5 Å². The highest BCUT2D eigenvalue weighted by molar-refractivity contribution is 5.55. The lowest BCUT2D eigenvalue weighted by Crippen LogP contribution is -2.28. The molecule has 2 N–H and O–H groups in total. The zero-order valence-corrected chi connectivity index (χ0v) is 13.3. The van der Waals surface area contributed by atoms with E-state index in [-0.39, 0.29) is 6.04 Å². The van der Waals surface area contributed by atoms with Crippen molar-refractivity contribution >= 4 is 5.69 Å². The Balaban J connectivity index is 1.72. The van der Waals surface area contributed by atoms with Crippen LogP contribution in [0.1, 0.15) is 57.6 Å². The van der Waals surface area contributed by atoms with E-state index in [0.29, 0.717) is 11.8 Å². The van der Waals surface area contributed by atoms with Crippen molar-refractivity contribution < 1.29 is 5.11 Å². The number of nitrogens with one attached hydrogen (secondary N) is 1. The van der Waals surface area contributed by atoms with Crippen LogP contribution in [-0.4, -0.2) is 24.2 Å². The summed E-state index contributed by atoms with van der Waals surface area (Å²) in [7, 11) is 0. The number of nitrogens with zero attached hydrogens (tertiary/aromatic N) is 1. The molecule has 0 bridgehead atoms. The van der Waals surface area contributed by atoms with E-state index in [0.717, 1.165) is 24.4 Å². The molecular formula is C18H28N2O. The maximum absolute atomic E-state index is 10.4. The van der Waals surface area contributed by atoms with Crippen LogP contribution in [0, 0.1) is 5.92 Å². The second kappa shape index (κ2) is 6.27. The number of rotatable bonds is 8. The summed E-state index contributed by atoms with van der Waals surface area (Å²) in [5.41, 5.74) is 2.21. The summed E-state index contributed by atoms with van der Waals surface area (Å²) < 4.78 is 0. The average Bonchev–Trinajstić information content (AvgIpc) is 3.35. The predicted molar refractivity (Wildman–Crippen MR) is 87.9 cm³/mol. The number of anilines is 1. The van der Waals surface area contributed by atoms with Crippen LogP contribution in [-0.2, 0) is 0 Å². The second-order valence-corrected chi connectivity index (χ2v) is 6.75. The molecule has 2 aliphatic carbocycles. The molecule has 1 aromatic carbocycles. The Labute approximate surface area is 128 Å². The molecule has 0 heterocycles. The number of aromatic hydroxyl groups is 1. The third-order valence-electron chi connectivity index (χ3n) is 4.65. The molecule has 0 saturated heterocycles. The molecule has 1 unspecified atom stereocenters. The molecule has 1 aromatic rings. The molecule has 0 radical (unpaired) electrons. The first kappa shape index (κ1) is 14.7. The summed E-state index contributed by atoms with van der Waals surface area (Å²) in [5.74, 6) is 1.32. The Morgan fingerprint density at radius 3 is 2.62 bits per heavy atom. The van der Waals surface area contributed by atoms with Gasteiger partial charge in [0.15, 0.2) is 0 Å². The summed E-state index contributed by atoms with van der Waals surface area (Å²) in [6.07, 6.45) is 6.49. The molecule has 2 aliphatic rings. The molecule has 21 heavy (non-hydrogen) atoms. The summed E-state index contributed by atoms with van der Waals surface area (Å²) in [6, 6.07) is 7.18. The fourth-order valence-electron chi connectivity index (χ4n) is 2.98. The first-order chi connectivity index (χ1) is 10.2. The van der Waals surface area contributed by atoms with Crippen LogP contribution in [0.3, 0.4) is 0 Å². The molecule has 2 fully saturated rings. The molecule has 2 saturated carbocycles. The van der Waals surface area contributed by atoms with E-state index < -0.39 is 0 Å². The smallest absolute Gasteiger partial charge is 0.122 e. The molecule has 0 spiro atoms. The van der Waals surface area contributed by atoms with Crippen molar-refractivity contribution in [3.63, 3.8) is 0 Å². The van der Waals surface area contributed by atoms with E-state index in [4.69, 9.17) is 0 Å². The molecule has 1 atom stereocenters. The van der Waals surface area contributed by atoms with E-state index in [1.807, 2.05) is 6.07 Å². The fraction of sp³-hybridized carbons (Fsp3) is 0.667. The van der Waals surface area contributed by atoms with Crippen LogP contribution in [0.15, 0.2) is 18.2 Å². The second-order valence-electron chi connectivity index (χ2n) is 6.75. The Morgan fingerprint density at radius 2 is 2.05 bits per heavy atom. The van der Waals surface area contributed by atoms with Crippen LogP contribution >= 0.6 is 0 Å². The quantitative estimate of drug-likeness (QED) is 0.763. The van der Waals surface area contributed by atoms with Gasteiger partial charge >= 0.3 is 0 Å². The molecular weight excluding hydrogens is 260 g/mol. The summed E-state index contributed by atoms with van der Waals surface area (Å²) in [6.45, 7) is 6.44. The number of phenols is 1. The Bertz CT molecular complexity index is 480. The van der Waals surface area contributed by atoms with Gasteiger partial charge in [-0.25, -0.2) is 0 Å². The van der Waals surface area contributed by atoms with Crippen LogP contribution in [0.4, 0.5) is 5.69 Å². The van der Waals surface area contributed by atoms with Crippen LogP contribution in [0.5, 0.6) is 5.75 Å². The molecule has 0 aromatic heterocycles. The highest BCUT2D eigenvalue weighted by Crippen LogP contribution is 2.39. The van der Waals surface area contributed by atoms with Gasteiger partial charge in [-0.2, -0.15) is 0 Å². The highest BCUT2D eigenvalue weighted by Gasteiger charge is 2.34. The summed E-state index contributed by atoms with van der Waals surface area (Å²) in [4.78, 5) is 2.52. The van der Waals surface area contributed by atoms with Crippen molar-refractivity contribution in [1.82, 2.24) is 5.32 Å². The molecule has 3 rings (SSSR count). The van der Waals surface area contributed by atoms with E-state index >= 15 is 0 Å². The van der Waals surface area contributed by atoms with Gasteiger partial charge in [0.1, 0.15) is 5.75 Å². The minimum atomic E-state index is 0.205. The van der Waals surface area contributed by atoms with Crippen molar-refractivity contribution in [2.45, 2.75) is 58.0 Å². The van der Waals surface area contributed by atoms with Gasteiger partial charge < -0.3 is 15.3 Å². The van der Waals surface area contributed by atoms with E-state index in [9.17, 15) is 5.11 Å². The van der Waals surface area contributed by atoms with Gasteiger partial charge in [0.25, 0.3) is 0 Å². The lowest BCUT2D eigenvalue weighted by Gasteiger charge is -2.26.